The van der Waals surface area contributed by atoms with E-state index in [1.165, 1.54) is 18.0 Å². The van der Waals surface area contributed by atoms with Gasteiger partial charge in [0.1, 0.15) is 11.3 Å². The molecule has 0 aliphatic carbocycles. The molecule has 0 N–H and O–H groups in total. The number of rotatable bonds is 6. The topological polar surface area (TPSA) is 45.9 Å². The van der Waals surface area contributed by atoms with Crippen LogP contribution < -0.4 is 15.1 Å². The lowest BCUT2D eigenvalue weighted by Crippen LogP contribution is -2.46. The molecule has 1 saturated heterocycles. The zero-order valence-corrected chi connectivity index (χ0v) is 16.4. The lowest BCUT2D eigenvalue weighted by molar-refractivity contribution is 0.225. The maximum atomic E-state index is 11.7. The lowest BCUT2D eigenvalue weighted by atomic mass is 10.2. The van der Waals surface area contributed by atoms with Crippen LogP contribution in [0, 0.1) is 0 Å². The average Bonchev–Trinajstić information content (AvgIpc) is 2.72. The predicted molar refractivity (Wildman–Crippen MR) is 113 cm³/mol. The summed E-state index contributed by atoms with van der Waals surface area (Å²) in [5, 5.41) is 1.35. The van der Waals surface area contributed by atoms with Crippen molar-refractivity contribution in [2.45, 2.75) is 6.42 Å². The van der Waals surface area contributed by atoms with Gasteiger partial charge in [0.05, 0.1) is 18.3 Å². The highest BCUT2D eigenvalue weighted by Gasteiger charge is 2.16. The Morgan fingerprint density at radius 1 is 1.00 bits per heavy atom. The summed E-state index contributed by atoms with van der Waals surface area (Å²) in [6, 6.07) is 14.8. The van der Waals surface area contributed by atoms with Gasteiger partial charge in [-0.25, -0.2) is 0 Å². The fourth-order valence-corrected chi connectivity index (χ4v) is 3.64. The molecule has 1 aliphatic heterocycles. The van der Waals surface area contributed by atoms with Gasteiger partial charge in [-0.15, -0.1) is 0 Å². The quantitative estimate of drug-likeness (QED) is 0.586. The maximum absolute atomic E-state index is 11.7. The van der Waals surface area contributed by atoms with E-state index in [-0.39, 0.29) is 5.43 Å². The molecule has 3 aromatic rings. The third kappa shape index (κ3) is 4.49. The summed E-state index contributed by atoms with van der Waals surface area (Å²) in [4.78, 5) is 16.6. The maximum Gasteiger partial charge on any atom is 0.192 e. The largest absolute Gasteiger partial charge is 0.493 e. The summed E-state index contributed by atoms with van der Waals surface area (Å²) in [6.45, 7) is 5.78. The zero-order valence-electron chi connectivity index (χ0n) is 15.6. The van der Waals surface area contributed by atoms with Crippen LogP contribution in [-0.2, 0) is 0 Å². The van der Waals surface area contributed by atoms with Crippen LogP contribution in [0.3, 0.4) is 0 Å². The van der Waals surface area contributed by atoms with Crippen molar-refractivity contribution in [1.82, 2.24) is 4.90 Å². The first-order chi connectivity index (χ1) is 13.7. The van der Waals surface area contributed by atoms with E-state index in [2.05, 4.69) is 21.9 Å². The van der Waals surface area contributed by atoms with Crippen LogP contribution in [0.2, 0.25) is 5.02 Å². The van der Waals surface area contributed by atoms with Crippen LogP contribution in [0.4, 0.5) is 5.69 Å². The first kappa shape index (κ1) is 18.8. The summed E-state index contributed by atoms with van der Waals surface area (Å²) >= 11 is 5.97. The van der Waals surface area contributed by atoms with E-state index in [1.54, 1.807) is 12.1 Å². The predicted octanol–water partition coefficient (Wildman–Crippen LogP) is 4.04. The minimum Gasteiger partial charge on any atom is -0.493 e. The first-order valence-electron chi connectivity index (χ1n) is 9.56. The fourth-order valence-electron chi connectivity index (χ4n) is 3.51. The molecule has 6 heteroatoms. The second kappa shape index (κ2) is 8.67. The van der Waals surface area contributed by atoms with Gasteiger partial charge in [0, 0.05) is 55.6 Å². The highest BCUT2D eigenvalue weighted by molar-refractivity contribution is 6.30. The van der Waals surface area contributed by atoms with Crippen LogP contribution in [-0.4, -0.2) is 44.2 Å². The van der Waals surface area contributed by atoms with Gasteiger partial charge in [0.25, 0.3) is 0 Å². The summed E-state index contributed by atoms with van der Waals surface area (Å²) in [5.74, 6) is 0.731. The SMILES string of the molecule is O=c1ccoc2cc(OCCCN3CCN(c4ccc(Cl)cc4)CC3)ccc12. The molecule has 0 saturated carbocycles. The second-order valence-corrected chi connectivity index (χ2v) is 7.39. The number of piperazine rings is 1. The number of halogens is 1. The van der Waals surface area contributed by atoms with E-state index < -0.39 is 0 Å². The monoisotopic (exact) mass is 398 g/mol. The van der Waals surface area contributed by atoms with Crippen molar-refractivity contribution < 1.29 is 9.15 Å². The molecule has 0 radical (unpaired) electrons. The van der Waals surface area contributed by atoms with Crippen molar-refractivity contribution in [3.05, 3.63) is 70.0 Å². The van der Waals surface area contributed by atoms with Crippen molar-refractivity contribution in [2.24, 2.45) is 0 Å². The van der Waals surface area contributed by atoms with Crippen LogP contribution >= 0.6 is 11.6 Å². The minimum absolute atomic E-state index is 0.0365. The van der Waals surface area contributed by atoms with Crippen LogP contribution in [0.15, 0.2) is 64.0 Å². The first-order valence-corrected chi connectivity index (χ1v) is 9.94. The molecule has 5 nitrogen and oxygen atoms in total. The van der Waals surface area contributed by atoms with Crippen LogP contribution in [0.5, 0.6) is 5.75 Å². The Labute approximate surface area is 169 Å². The van der Waals surface area contributed by atoms with Gasteiger partial charge in [-0.3, -0.25) is 9.69 Å². The van der Waals surface area contributed by atoms with Crippen LogP contribution in [0.25, 0.3) is 11.0 Å². The summed E-state index contributed by atoms with van der Waals surface area (Å²) < 4.78 is 11.2. The number of nitrogens with zero attached hydrogens (tertiary/aromatic N) is 2. The van der Waals surface area contributed by atoms with E-state index in [9.17, 15) is 4.79 Å². The third-order valence-corrected chi connectivity index (χ3v) is 5.34. The van der Waals surface area contributed by atoms with Gasteiger partial charge >= 0.3 is 0 Å². The summed E-state index contributed by atoms with van der Waals surface area (Å²) in [6.07, 6.45) is 2.37. The molecule has 2 heterocycles. The molecule has 1 fully saturated rings. The van der Waals surface area contributed by atoms with Crippen molar-refractivity contribution in [1.29, 1.82) is 0 Å². The van der Waals surface area contributed by atoms with E-state index in [0.717, 1.165) is 49.9 Å². The average molecular weight is 399 g/mol. The molecular formula is C22H23ClN2O3. The molecule has 28 heavy (non-hydrogen) atoms. The number of hydrogen-bond acceptors (Lipinski definition) is 5. The fraction of sp³-hybridized carbons (Fsp3) is 0.318. The minimum atomic E-state index is -0.0365. The molecule has 0 unspecified atom stereocenters. The Hall–Kier alpha value is -2.50. The van der Waals surface area contributed by atoms with Crippen molar-refractivity contribution >= 4 is 28.3 Å². The van der Waals surface area contributed by atoms with E-state index in [4.69, 9.17) is 20.8 Å². The highest BCUT2D eigenvalue weighted by Crippen LogP contribution is 2.20. The zero-order chi connectivity index (χ0) is 19.3. The van der Waals surface area contributed by atoms with E-state index >= 15 is 0 Å². The van der Waals surface area contributed by atoms with Gasteiger partial charge in [0.15, 0.2) is 5.43 Å². The molecular weight excluding hydrogens is 376 g/mol. The molecule has 0 bridgehead atoms. The smallest absolute Gasteiger partial charge is 0.192 e. The second-order valence-electron chi connectivity index (χ2n) is 6.95. The van der Waals surface area contributed by atoms with Crippen LogP contribution in [0.1, 0.15) is 6.42 Å². The van der Waals surface area contributed by atoms with Crippen molar-refractivity contribution in [2.75, 3.05) is 44.2 Å². The van der Waals surface area contributed by atoms with E-state index in [0.29, 0.717) is 17.6 Å². The number of anilines is 1. The van der Waals surface area contributed by atoms with Crippen molar-refractivity contribution in [3.8, 4) is 5.75 Å². The summed E-state index contributed by atoms with van der Waals surface area (Å²) in [5.41, 5.74) is 1.75. The molecule has 4 rings (SSSR count). The van der Waals surface area contributed by atoms with Gasteiger partial charge in [0.2, 0.25) is 0 Å². The highest BCUT2D eigenvalue weighted by atomic mass is 35.5. The van der Waals surface area contributed by atoms with E-state index in [1.807, 2.05) is 18.2 Å². The molecule has 0 spiro atoms. The van der Waals surface area contributed by atoms with Gasteiger partial charge in [-0.05, 0) is 42.8 Å². The molecule has 2 aromatic carbocycles. The Bertz CT molecular complexity index is 979. The lowest BCUT2D eigenvalue weighted by Gasteiger charge is -2.36. The molecule has 0 amide bonds. The van der Waals surface area contributed by atoms with Gasteiger partial charge < -0.3 is 14.1 Å². The molecule has 1 aliphatic rings. The number of fused-ring (bicyclic) bond motifs is 1. The standard InChI is InChI=1S/C22H23ClN2O3/c23-17-2-4-18(5-3-17)25-12-10-24(11-13-25)9-1-14-27-19-6-7-20-21(26)8-15-28-22(20)16-19/h2-8,15-16H,1,9-14H2. The Kier molecular flexibility index (Phi) is 5.84. The Morgan fingerprint density at radius 3 is 2.57 bits per heavy atom. The normalized spacial score (nSPS) is 15.1. The Balaban J connectivity index is 1.21. The van der Waals surface area contributed by atoms with Gasteiger partial charge in [-0.1, -0.05) is 11.6 Å². The number of benzene rings is 2. The molecule has 1 aromatic heterocycles. The summed E-state index contributed by atoms with van der Waals surface area (Å²) in [7, 11) is 0. The number of hydrogen-bond donors (Lipinski definition) is 0. The number of ether oxygens (including phenoxy) is 1. The third-order valence-electron chi connectivity index (χ3n) is 5.08. The molecule has 0 atom stereocenters. The van der Waals surface area contributed by atoms with Gasteiger partial charge in [-0.2, -0.15) is 0 Å². The van der Waals surface area contributed by atoms with Crippen molar-refractivity contribution in [3.63, 3.8) is 0 Å². The Morgan fingerprint density at radius 2 is 1.79 bits per heavy atom. The molecule has 146 valence electrons.